The predicted octanol–water partition coefficient (Wildman–Crippen LogP) is 4.11. The molecule has 0 saturated heterocycles. The van der Waals surface area contributed by atoms with Crippen molar-refractivity contribution in [1.29, 1.82) is 5.26 Å². The number of nitriles is 1. The molecule has 33 heavy (non-hydrogen) atoms. The molecule has 1 amide bonds. The molecule has 0 bridgehead atoms. The van der Waals surface area contributed by atoms with Gasteiger partial charge in [-0.2, -0.15) is 17.9 Å². The minimum atomic E-state index is -0.669. The van der Waals surface area contributed by atoms with Crippen LogP contribution in [-0.2, 0) is 14.3 Å². The van der Waals surface area contributed by atoms with Gasteiger partial charge in [0.25, 0.3) is 0 Å². The van der Waals surface area contributed by atoms with Gasteiger partial charge in [0.15, 0.2) is 0 Å². The topological polar surface area (TPSA) is 118 Å². The number of rotatable bonds is 11. The van der Waals surface area contributed by atoms with E-state index in [2.05, 4.69) is 17.9 Å². The summed E-state index contributed by atoms with van der Waals surface area (Å²) in [5, 5.41) is 20.5. The van der Waals surface area contributed by atoms with Gasteiger partial charge >= 0.3 is 12.1 Å². The zero-order valence-corrected chi connectivity index (χ0v) is 19.5. The lowest BCUT2D eigenvalue weighted by atomic mass is 9.80. The number of hydrogen-bond acceptors (Lipinski definition) is 8. The number of nitrogens with one attached hydrogen (secondary N) is 1. The maximum Gasteiger partial charge on any atom is 0.412 e. The molecule has 0 aliphatic heterocycles. The van der Waals surface area contributed by atoms with Gasteiger partial charge in [-0.05, 0) is 48.4 Å². The number of thiol groups is 1. The zero-order chi connectivity index (χ0) is 24.3. The number of ether oxygens (including phenoxy) is 3. The van der Waals surface area contributed by atoms with Crippen molar-refractivity contribution in [1.82, 2.24) is 0 Å². The van der Waals surface area contributed by atoms with Crippen LogP contribution in [0.2, 0.25) is 0 Å². The molecule has 0 fully saturated rings. The van der Waals surface area contributed by atoms with Crippen molar-refractivity contribution in [2.45, 2.75) is 26.4 Å². The first kappa shape index (κ1) is 26.0. The van der Waals surface area contributed by atoms with Gasteiger partial charge in [-0.15, -0.1) is 0 Å². The lowest BCUT2D eigenvalue weighted by Crippen LogP contribution is -2.30. The van der Waals surface area contributed by atoms with Crippen LogP contribution in [0.4, 0.5) is 10.5 Å². The van der Waals surface area contributed by atoms with E-state index in [4.69, 9.17) is 24.6 Å². The number of carbonyl (C=O) groups excluding carboxylic acids is 2. The summed E-state index contributed by atoms with van der Waals surface area (Å²) in [4.78, 5) is 24.1. The maximum absolute atomic E-state index is 12.7. The first-order chi connectivity index (χ1) is 15.8. The third kappa shape index (κ3) is 8.33. The Balaban J connectivity index is 2.18. The molecule has 0 aliphatic carbocycles. The molecule has 0 unspecified atom stereocenters. The Morgan fingerprint density at radius 3 is 2.36 bits per heavy atom. The zero-order valence-electron chi connectivity index (χ0n) is 18.6. The Hall–Kier alpha value is -3.22. The summed E-state index contributed by atoms with van der Waals surface area (Å²) >= 11 is 3.90. The highest BCUT2D eigenvalue weighted by molar-refractivity contribution is 7.81. The maximum atomic E-state index is 12.7. The molecular weight excluding hydrogens is 444 g/mol. The number of benzene rings is 2. The molecule has 0 aromatic heterocycles. The van der Waals surface area contributed by atoms with Gasteiger partial charge in [0.1, 0.15) is 18.5 Å². The normalized spacial score (nSPS) is 11.7. The fourth-order valence-corrected chi connectivity index (χ4v) is 3.16. The third-order valence-corrected chi connectivity index (χ3v) is 5.13. The van der Waals surface area contributed by atoms with Crippen LogP contribution in [-0.4, -0.2) is 42.7 Å². The highest BCUT2D eigenvalue weighted by Crippen LogP contribution is 2.40. The molecule has 0 aliphatic rings. The molecule has 0 spiro atoms. The number of anilines is 1. The smallest absolute Gasteiger partial charge is 0.412 e. The Morgan fingerprint density at radius 2 is 1.79 bits per heavy atom. The second kappa shape index (κ2) is 12.7. The van der Waals surface area contributed by atoms with E-state index >= 15 is 0 Å². The van der Waals surface area contributed by atoms with Gasteiger partial charge < -0.3 is 19.3 Å². The molecule has 0 heterocycles. The van der Waals surface area contributed by atoms with Crippen LogP contribution in [0.1, 0.15) is 37.5 Å². The van der Waals surface area contributed by atoms with Crippen LogP contribution in [0.15, 0.2) is 48.5 Å². The van der Waals surface area contributed by atoms with E-state index in [-0.39, 0.29) is 25.6 Å². The number of amides is 1. The summed E-state index contributed by atoms with van der Waals surface area (Å²) in [5.74, 6) is 0.146. The summed E-state index contributed by atoms with van der Waals surface area (Å²) < 4.78 is 16.4. The molecule has 1 atom stereocenters. The molecule has 2 rings (SSSR count). The van der Waals surface area contributed by atoms with E-state index in [1.165, 1.54) is 0 Å². The molecule has 8 nitrogen and oxygen atoms in total. The Bertz CT molecular complexity index is 954. The van der Waals surface area contributed by atoms with Crippen LogP contribution in [0.5, 0.6) is 5.75 Å². The fourth-order valence-electron chi connectivity index (χ4n) is 3.07. The molecule has 2 N–H and O–H groups in total. The van der Waals surface area contributed by atoms with E-state index in [0.29, 0.717) is 23.4 Å². The van der Waals surface area contributed by atoms with Crippen molar-refractivity contribution in [3.05, 3.63) is 59.7 Å². The molecule has 0 radical (unpaired) electrons. The standard InChI is InChI=1S/C24H28N2O6S/c1-24(2,11-13-31-21(28)16-33)22(18-5-9-20(10-6-18)30-14-12-27)32-23(29)26-19-7-3-17(15-25)4-8-19/h3-10,22,27,33H,11-14,16H2,1-2H3,(H,26,29)/t22-/m1/s1. The number of aliphatic hydroxyl groups excluding tert-OH is 1. The van der Waals surface area contributed by atoms with E-state index in [9.17, 15) is 9.59 Å². The molecule has 176 valence electrons. The highest BCUT2D eigenvalue weighted by Gasteiger charge is 2.34. The van der Waals surface area contributed by atoms with Crippen molar-refractivity contribution >= 4 is 30.4 Å². The van der Waals surface area contributed by atoms with E-state index in [1.54, 1.807) is 48.5 Å². The number of hydrogen-bond donors (Lipinski definition) is 3. The molecule has 9 heteroatoms. The summed E-state index contributed by atoms with van der Waals surface area (Å²) in [7, 11) is 0. The third-order valence-electron chi connectivity index (χ3n) is 4.88. The van der Waals surface area contributed by atoms with Crippen LogP contribution in [0.25, 0.3) is 0 Å². The lowest BCUT2D eigenvalue weighted by Gasteiger charge is -2.34. The summed E-state index contributed by atoms with van der Waals surface area (Å²) in [6.07, 6.45) is -0.896. The average Bonchev–Trinajstić information content (AvgIpc) is 2.81. The first-order valence-electron chi connectivity index (χ1n) is 10.4. The van der Waals surface area contributed by atoms with Crippen LogP contribution in [0, 0.1) is 16.7 Å². The number of carbonyl (C=O) groups is 2. The second-order valence-electron chi connectivity index (χ2n) is 7.86. The van der Waals surface area contributed by atoms with Gasteiger partial charge in [0, 0.05) is 11.1 Å². The van der Waals surface area contributed by atoms with Crippen LogP contribution in [0.3, 0.4) is 0 Å². The van der Waals surface area contributed by atoms with Crippen molar-refractivity contribution < 1.29 is 28.9 Å². The molecular formula is C24H28N2O6S. The van der Waals surface area contributed by atoms with E-state index in [0.717, 1.165) is 5.56 Å². The first-order valence-corrected chi connectivity index (χ1v) is 11.0. The second-order valence-corrected chi connectivity index (χ2v) is 8.17. The average molecular weight is 473 g/mol. The summed E-state index contributed by atoms with van der Waals surface area (Å²) in [6, 6.07) is 15.5. The van der Waals surface area contributed by atoms with Crippen molar-refractivity contribution in [2.75, 3.05) is 30.9 Å². The molecule has 2 aromatic carbocycles. The van der Waals surface area contributed by atoms with E-state index in [1.807, 2.05) is 19.9 Å². The van der Waals surface area contributed by atoms with Gasteiger partial charge in [0.05, 0.1) is 30.6 Å². The molecule has 2 aromatic rings. The van der Waals surface area contributed by atoms with Crippen molar-refractivity contribution in [2.24, 2.45) is 5.41 Å². The quantitative estimate of drug-likeness (QED) is 0.333. The summed E-state index contributed by atoms with van der Waals surface area (Å²) in [5.41, 5.74) is 1.11. The summed E-state index contributed by atoms with van der Waals surface area (Å²) in [6.45, 7) is 4.06. The van der Waals surface area contributed by atoms with Crippen LogP contribution >= 0.6 is 12.6 Å². The van der Waals surface area contributed by atoms with Crippen molar-refractivity contribution in [3.8, 4) is 11.8 Å². The van der Waals surface area contributed by atoms with Crippen molar-refractivity contribution in [3.63, 3.8) is 0 Å². The minimum Gasteiger partial charge on any atom is -0.491 e. The Labute approximate surface area is 198 Å². The predicted molar refractivity (Wildman–Crippen MR) is 126 cm³/mol. The minimum absolute atomic E-state index is 0.0113. The number of nitrogens with zero attached hydrogens (tertiary/aromatic N) is 1. The number of esters is 1. The van der Waals surface area contributed by atoms with Gasteiger partial charge in [-0.25, -0.2) is 4.79 Å². The Kier molecular flexibility index (Phi) is 10.0. The molecule has 0 saturated carbocycles. The fraction of sp³-hybridized carbons (Fsp3) is 0.375. The van der Waals surface area contributed by atoms with E-state index < -0.39 is 23.6 Å². The van der Waals surface area contributed by atoms with Gasteiger partial charge in [-0.3, -0.25) is 10.1 Å². The largest absolute Gasteiger partial charge is 0.491 e. The SMILES string of the molecule is CC(C)(CCOC(=O)CS)[C@H](OC(=O)Nc1ccc(C#N)cc1)c1ccc(OCCO)cc1. The Morgan fingerprint density at radius 1 is 1.12 bits per heavy atom. The highest BCUT2D eigenvalue weighted by atomic mass is 32.1. The monoisotopic (exact) mass is 472 g/mol. The number of aliphatic hydroxyl groups is 1. The van der Waals surface area contributed by atoms with Gasteiger partial charge in [0.2, 0.25) is 0 Å². The lowest BCUT2D eigenvalue weighted by molar-refractivity contribution is -0.141. The van der Waals surface area contributed by atoms with Crippen LogP contribution < -0.4 is 10.1 Å². The van der Waals surface area contributed by atoms with Gasteiger partial charge in [-0.1, -0.05) is 26.0 Å².